The van der Waals surface area contributed by atoms with Gasteiger partial charge in [0.2, 0.25) is 5.91 Å². The molecule has 1 amide bonds. The number of carbonyl (C=O) groups is 1. The van der Waals surface area contributed by atoms with Gasteiger partial charge in [0.25, 0.3) is 0 Å². The second kappa shape index (κ2) is 7.88. The van der Waals surface area contributed by atoms with Crippen molar-refractivity contribution < 1.29 is 9.90 Å². The number of nitrogens with one attached hydrogen (secondary N) is 1. The van der Waals surface area contributed by atoms with Crippen LogP contribution in [0, 0.1) is 0 Å². The number of benzene rings is 1. The van der Waals surface area contributed by atoms with Gasteiger partial charge in [-0.25, -0.2) is 4.68 Å². The van der Waals surface area contributed by atoms with E-state index in [9.17, 15) is 9.90 Å². The first-order valence-corrected chi connectivity index (χ1v) is 8.30. The highest BCUT2D eigenvalue weighted by molar-refractivity contribution is 5.91. The summed E-state index contributed by atoms with van der Waals surface area (Å²) in [7, 11) is 0. The van der Waals surface area contributed by atoms with Crippen LogP contribution in [0.2, 0.25) is 0 Å². The maximum Gasteiger partial charge on any atom is 0.244 e. The summed E-state index contributed by atoms with van der Waals surface area (Å²) in [6.07, 6.45) is 7.91. The van der Waals surface area contributed by atoms with E-state index in [-0.39, 0.29) is 18.1 Å². The molecule has 24 heavy (non-hydrogen) atoms. The molecule has 1 aliphatic rings. The Bertz CT molecular complexity index is 688. The van der Waals surface area contributed by atoms with Gasteiger partial charge in [-0.3, -0.25) is 4.79 Å². The third-order valence-electron chi connectivity index (χ3n) is 4.19. The Morgan fingerprint density at radius 1 is 1.25 bits per heavy atom. The molecule has 1 aliphatic carbocycles. The molecule has 6 nitrogen and oxygen atoms in total. The van der Waals surface area contributed by atoms with E-state index in [1.54, 1.807) is 10.8 Å². The summed E-state index contributed by atoms with van der Waals surface area (Å²) in [4.78, 5) is 11.9. The lowest BCUT2D eigenvalue weighted by Gasteiger charge is -2.25. The molecular weight excluding hydrogens is 304 g/mol. The summed E-state index contributed by atoms with van der Waals surface area (Å²) in [6, 6.07) is 10.2. The summed E-state index contributed by atoms with van der Waals surface area (Å²) < 4.78 is 1.75. The highest BCUT2D eigenvalue weighted by atomic mass is 16.3. The third-order valence-corrected chi connectivity index (χ3v) is 4.19. The Labute approximate surface area is 141 Å². The molecule has 0 radical (unpaired) electrons. The average molecular weight is 326 g/mol. The van der Waals surface area contributed by atoms with Crippen LogP contribution >= 0.6 is 0 Å². The largest absolute Gasteiger partial charge is 0.393 e. The quantitative estimate of drug-likeness (QED) is 0.821. The van der Waals surface area contributed by atoms with Crippen molar-refractivity contribution in [1.82, 2.24) is 20.3 Å². The van der Waals surface area contributed by atoms with Gasteiger partial charge in [-0.05, 0) is 37.3 Å². The minimum atomic E-state index is -0.214. The van der Waals surface area contributed by atoms with Crippen LogP contribution in [0.1, 0.15) is 36.9 Å². The molecule has 1 fully saturated rings. The summed E-state index contributed by atoms with van der Waals surface area (Å²) in [6.45, 7) is 0.651. The summed E-state index contributed by atoms with van der Waals surface area (Å²) >= 11 is 0. The van der Waals surface area contributed by atoms with E-state index in [1.165, 1.54) is 6.08 Å². The van der Waals surface area contributed by atoms with Crippen molar-refractivity contribution in [2.24, 2.45) is 0 Å². The Kier molecular flexibility index (Phi) is 5.38. The topological polar surface area (TPSA) is 80.0 Å². The number of carbonyl (C=O) groups excluding carboxylic acids is 1. The first kappa shape index (κ1) is 16.4. The van der Waals surface area contributed by atoms with Gasteiger partial charge in [-0.2, -0.15) is 0 Å². The van der Waals surface area contributed by atoms with Crippen LogP contribution in [0.4, 0.5) is 0 Å². The smallest absolute Gasteiger partial charge is 0.244 e. The zero-order valence-corrected chi connectivity index (χ0v) is 13.5. The number of nitrogens with zero attached hydrogens (tertiary/aromatic N) is 3. The fraction of sp³-hybridized carbons (Fsp3) is 0.389. The van der Waals surface area contributed by atoms with Gasteiger partial charge in [-0.15, -0.1) is 5.10 Å². The first-order valence-electron chi connectivity index (χ1n) is 8.30. The molecule has 0 saturated heterocycles. The van der Waals surface area contributed by atoms with Gasteiger partial charge in [0, 0.05) is 12.1 Å². The third kappa shape index (κ3) is 4.76. The number of aliphatic hydroxyl groups excluding tert-OH is 1. The molecule has 0 unspecified atom stereocenters. The molecule has 6 heteroatoms. The van der Waals surface area contributed by atoms with Crippen LogP contribution in [0.3, 0.4) is 0 Å². The molecule has 1 aromatic carbocycles. The maximum atomic E-state index is 11.9. The Balaban J connectivity index is 1.50. The van der Waals surface area contributed by atoms with Crippen LogP contribution in [-0.2, 0) is 11.3 Å². The molecule has 126 valence electrons. The van der Waals surface area contributed by atoms with E-state index >= 15 is 0 Å². The van der Waals surface area contributed by atoms with E-state index in [1.807, 2.05) is 36.5 Å². The van der Waals surface area contributed by atoms with Crippen molar-refractivity contribution in [2.45, 2.75) is 44.4 Å². The van der Waals surface area contributed by atoms with E-state index in [0.717, 1.165) is 31.2 Å². The Morgan fingerprint density at radius 2 is 2.00 bits per heavy atom. The van der Waals surface area contributed by atoms with Gasteiger partial charge in [0.15, 0.2) is 0 Å². The predicted molar refractivity (Wildman–Crippen MR) is 91.0 cm³/mol. The predicted octanol–water partition coefficient (Wildman–Crippen LogP) is 1.76. The molecule has 3 rings (SSSR count). The minimum Gasteiger partial charge on any atom is -0.393 e. The average Bonchev–Trinajstić information content (AvgIpc) is 3.03. The van der Waals surface area contributed by atoms with Crippen LogP contribution < -0.4 is 5.32 Å². The molecule has 0 aliphatic heterocycles. The molecule has 1 saturated carbocycles. The molecule has 2 aromatic rings. The lowest BCUT2D eigenvalue weighted by atomic mass is 9.93. The van der Waals surface area contributed by atoms with Crippen molar-refractivity contribution in [1.29, 1.82) is 0 Å². The van der Waals surface area contributed by atoms with Gasteiger partial charge in [-0.1, -0.05) is 35.5 Å². The van der Waals surface area contributed by atoms with Gasteiger partial charge in [0.05, 0.1) is 18.8 Å². The Morgan fingerprint density at radius 3 is 2.75 bits per heavy atom. The van der Waals surface area contributed by atoms with Gasteiger partial charge in [0.1, 0.15) is 5.69 Å². The zero-order valence-electron chi connectivity index (χ0n) is 13.5. The van der Waals surface area contributed by atoms with E-state index in [0.29, 0.717) is 12.2 Å². The molecule has 1 aromatic heterocycles. The lowest BCUT2D eigenvalue weighted by molar-refractivity contribution is -0.117. The van der Waals surface area contributed by atoms with Gasteiger partial charge < -0.3 is 10.4 Å². The molecule has 1 heterocycles. The van der Waals surface area contributed by atoms with Crippen molar-refractivity contribution in [3.8, 4) is 0 Å². The van der Waals surface area contributed by atoms with E-state index in [2.05, 4.69) is 15.6 Å². The van der Waals surface area contributed by atoms with Crippen molar-refractivity contribution in [3.05, 3.63) is 53.9 Å². The molecule has 0 atom stereocenters. The normalized spacial score (nSPS) is 21.0. The number of hydrogen-bond donors (Lipinski definition) is 2. The van der Waals surface area contributed by atoms with Crippen LogP contribution in [-0.4, -0.2) is 38.2 Å². The fourth-order valence-corrected chi connectivity index (χ4v) is 2.87. The van der Waals surface area contributed by atoms with Crippen molar-refractivity contribution in [2.75, 3.05) is 0 Å². The number of rotatable bonds is 5. The van der Waals surface area contributed by atoms with Crippen LogP contribution in [0.25, 0.3) is 6.08 Å². The molecular formula is C18H22N4O2. The zero-order chi connectivity index (χ0) is 16.8. The van der Waals surface area contributed by atoms with Crippen LogP contribution in [0.5, 0.6) is 0 Å². The summed E-state index contributed by atoms with van der Waals surface area (Å²) in [5.41, 5.74) is 1.80. The fourth-order valence-electron chi connectivity index (χ4n) is 2.87. The standard InChI is InChI=1S/C18H22N4O2/c23-17-9-6-15(7-10-17)19-18(24)11-8-16-13-22(21-20-16)12-14-4-2-1-3-5-14/h1-5,8,11,13,15,17,23H,6-7,9-10,12H2,(H,19,24)/b11-8+. The monoisotopic (exact) mass is 326 g/mol. The van der Waals surface area contributed by atoms with Crippen molar-refractivity contribution >= 4 is 12.0 Å². The number of aliphatic hydroxyl groups is 1. The lowest BCUT2D eigenvalue weighted by Crippen LogP contribution is -2.37. The summed E-state index contributed by atoms with van der Waals surface area (Å²) in [5.74, 6) is -0.131. The number of aromatic nitrogens is 3. The van der Waals surface area contributed by atoms with E-state index in [4.69, 9.17) is 0 Å². The van der Waals surface area contributed by atoms with Crippen LogP contribution in [0.15, 0.2) is 42.6 Å². The van der Waals surface area contributed by atoms with Crippen molar-refractivity contribution in [3.63, 3.8) is 0 Å². The highest BCUT2D eigenvalue weighted by Gasteiger charge is 2.19. The highest BCUT2D eigenvalue weighted by Crippen LogP contribution is 2.18. The molecule has 2 N–H and O–H groups in total. The first-order chi connectivity index (χ1) is 11.7. The van der Waals surface area contributed by atoms with E-state index < -0.39 is 0 Å². The second-order valence-electron chi connectivity index (χ2n) is 6.17. The number of hydrogen-bond acceptors (Lipinski definition) is 4. The SMILES string of the molecule is O=C(/C=C/c1cn(Cc2ccccc2)nn1)NC1CCC(O)CC1. The number of amides is 1. The minimum absolute atomic E-state index is 0.131. The Hall–Kier alpha value is -2.47. The molecule has 0 spiro atoms. The summed E-state index contributed by atoms with van der Waals surface area (Å²) in [5, 5.41) is 20.6. The molecule has 0 bridgehead atoms. The second-order valence-corrected chi connectivity index (χ2v) is 6.17. The maximum absolute atomic E-state index is 11.9. The van der Waals surface area contributed by atoms with Gasteiger partial charge >= 0.3 is 0 Å².